The zero-order valence-corrected chi connectivity index (χ0v) is 7.91. The molecule has 8 nitrogen and oxygen atoms in total. The van der Waals surface area contributed by atoms with Gasteiger partial charge >= 0.3 is 6.03 Å². The summed E-state index contributed by atoms with van der Waals surface area (Å²) in [6.07, 6.45) is 1.34. The molecule has 3 amide bonds. The van der Waals surface area contributed by atoms with Gasteiger partial charge in [-0.25, -0.2) is 4.79 Å². The number of anilines is 1. The molecule has 0 spiro atoms. The summed E-state index contributed by atoms with van der Waals surface area (Å²) < 4.78 is 0. The van der Waals surface area contributed by atoms with Gasteiger partial charge in [0, 0.05) is 13.1 Å². The minimum absolute atomic E-state index is 0.203. The van der Waals surface area contributed by atoms with Crippen LogP contribution in [0.4, 0.5) is 10.5 Å². The molecular formula is C7H12N6O2. The first-order valence-electron chi connectivity index (χ1n) is 4.21. The van der Waals surface area contributed by atoms with Gasteiger partial charge in [-0.3, -0.25) is 9.89 Å². The number of hydrogen-bond acceptors (Lipinski definition) is 4. The van der Waals surface area contributed by atoms with Gasteiger partial charge in [0.05, 0.1) is 11.9 Å². The normalized spacial score (nSPS) is 9.60. The van der Waals surface area contributed by atoms with E-state index in [1.165, 1.54) is 6.20 Å². The molecule has 0 fully saturated rings. The summed E-state index contributed by atoms with van der Waals surface area (Å²) in [5, 5.41) is 10.9. The smallest absolute Gasteiger partial charge is 0.312 e. The fraction of sp³-hybridized carbons (Fsp3) is 0.286. The Kier molecular flexibility index (Phi) is 3.49. The number of primary amides is 1. The highest BCUT2D eigenvalue weighted by atomic mass is 16.2. The van der Waals surface area contributed by atoms with E-state index in [0.717, 1.165) is 0 Å². The van der Waals surface area contributed by atoms with Gasteiger partial charge in [-0.1, -0.05) is 0 Å². The second-order valence-electron chi connectivity index (χ2n) is 2.75. The molecule has 1 aromatic rings. The summed E-state index contributed by atoms with van der Waals surface area (Å²) in [5.74, 6) is -0.378. The number of hydrogen-bond donors (Lipinski definition) is 5. The Morgan fingerprint density at radius 2 is 2.07 bits per heavy atom. The van der Waals surface area contributed by atoms with Gasteiger partial charge in [0.25, 0.3) is 5.91 Å². The number of nitrogen functional groups attached to an aromatic ring is 1. The molecule has 0 saturated carbocycles. The number of nitrogens with one attached hydrogen (secondary N) is 3. The Bertz CT molecular complexity index is 360. The van der Waals surface area contributed by atoms with Crippen molar-refractivity contribution in [2.75, 3.05) is 18.8 Å². The van der Waals surface area contributed by atoms with Crippen LogP contribution in [0.2, 0.25) is 0 Å². The molecule has 0 aliphatic carbocycles. The third-order valence-corrected chi connectivity index (χ3v) is 1.61. The number of aromatic nitrogens is 2. The quantitative estimate of drug-likeness (QED) is 0.383. The second kappa shape index (κ2) is 4.84. The lowest BCUT2D eigenvalue weighted by molar-refractivity contribution is 0.0950. The summed E-state index contributed by atoms with van der Waals surface area (Å²) in [5.41, 5.74) is 10.8. The summed E-state index contributed by atoms with van der Waals surface area (Å²) in [4.78, 5) is 21.7. The van der Waals surface area contributed by atoms with Crippen molar-refractivity contribution in [3.05, 3.63) is 11.9 Å². The second-order valence-corrected chi connectivity index (χ2v) is 2.75. The Morgan fingerprint density at radius 3 is 2.60 bits per heavy atom. The molecule has 0 saturated heterocycles. The number of amides is 3. The van der Waals surface area contributed by atoms with Crippen molar-refractivity contribution in [2.45, 2.75) is 0 Å². The van der Waals surface area contributed by atoms with Crippen molar-refractivity contribution in [3.63, 3.8) is 0 Å². The van der Waals surface area contributed by atoms with Crippen LogP contribution in [0.3, 0.4) is 0 Å². The first-order valence-corrected chi connectivity index (χ1v) is 4.21. The van der Waals surface area contributed by atoms with Crippen LogP contribution in [-0.2, 0) is 0 Å². The lowest BCUT2D eigenvalue weighted by Gasteiger charge is -2.04. The first kappa shape index (κ1) is 10.8. The van der Waals surface area contributed by atoms with Gasteiger partial charge in [0.1, 0.15) is 5.69 Å². The number of carbonyl (C=O) groups is 2. The zero-order valence-electron chi connectivity index (χ0n) is 7.91. The Balaban J connectivity index is 2.31. The van der Waals surface area contributed by atoms with E-state index in [4.69, 9.17) is 11.5 Å². The van der Waals surface area contributed by atoms with Crippen molar-refractivity contribution >= 4 is 17.6 Å². The summed E-state index contributed by atoms with van der Waals surface area (Å²) in [7, 11) is 0. The fourth-order valence-corrected chi connectivity index (χ4v) is 0.927. The highest BCUT2D eigenvalue weighted by Crippen LogP contribution is 2.04. The molecule has 7 N–H and O–H groups in total. The molecule has 0 bridgehead atoms. The van der Waals surface area contributed by atoms with E-state index >= 15 is 0 Å². The molecule has 1 aromatic heterocycles. The lowest BCUT2D eigenvalue weighted by Crippen LogP contribution is -2.37. The molecular weight excluding hydrogens is 200 g/mol. The highest BCUT2D eigenvalue weighted by molar-refractivity contribution is 5.96. The van der Waals surface area contributed by atoms with Crippen LogP contribution in [0.15, 0.2) is 6.20 Å². The number of carbonyl (C=O) groups excluding carboxylic acids is 2. The van der Waals surface area contributed by atoms with Crippen LogP contribution in [-0.4, -0.2) is 35.2 Å². The van der Waals surface area contributed by atoms with Gasteiger partial charge in [-0.05, 0) is 0 Å². The van der Waals surface area contributed by atoms with E-state index in [1.54, 1.807) is 0 Å². The predicted octanol–water partition coefficient (Wildman–Crippen LogP) is -1.61. The lowest BCUT2D eigenvalue weighted by atomic mass is 10.3. The number of nitrogens with zero attached hydrogens (tertiary/aromatic N) is 1. The molecule has 15 heavy (non-hydrogen) atoms. The van der Waals surface area contributed by atoms with Crippen molar-refractivity contribution in [3.8, 4) is 0 Å². The number of nitrogens with two attached hydrogens (primary N) is 2. The maximum absolute atomic E-state index is 11.4. The van der Waals surface area contributed by atoms with Crippen LogP contribution in [0.25, 0.3) is 0 Å². The van der Waals surface area contributed by atoms with Gasteiger partial charge < -0.3 is 22.1 Å². The molecule has 8 heteroatoms. The number of rotatable bonds is 4. The Morgan fingerprint density at radius 1 is 1.40 bits per heavy atom. The van der Waals surface area contributed by atoms with E-state index in [9.17, 15) is 9.59 Å². The Labute approximate surface area is 85.4 Å². The van der Waals surface area contributed by atoms with Gasteiger partial charge in [-0.2, -0.15) is 5.10 Å². The van der Waals surface area contributed by atoms with E-state index in [-0.39, 0.29) is 30.4 Å². The average Bonchev–Trinajstić information content (AvgIpc) is 2.58. The van der Waals surface area contributed by atoms with Gasteiger partial charge in [-0.15, -0.1) is 0 Å². The third-order valence-electron chi connectivity index (χ3n) is 1.61. The Hall–Kier alpha value is -2.25. The summed E-state index contributed by atoms with van der Waals surface area (Å²) in [6, 6.07) is -0.634. The van der Waals surface area contributed by atoms with Crippen molar-refractivity contribution in [2.24, 2.45) is 5.73 Å². The molecule has 0 unspecified atom stereocenters. The van der Waals surface area contributed by atoms with Crippen LogP contribution in [0, 0.1) is 0 Å². The van der Waals surface area contributed by atoms with E-state index in [1.807, 2.05) is 0 Å². The van der Waals surface area contributed by atoms with Crippen LogP contribution in [0.5, 0.6) is 0 Å². The average molecular weight is 212 g/mol. The van der Waals surface area contributed by atoms with Crippen molar-refractivity contribution in [1.82, 2.24) is 20.8 Å². The minimum atomic E-state index is -0.634. The molecule has 1 rings (SSSR count). The first-order chi connectivity index (χ1) is 7.11. The van der Waals surface area contributed by atoms with Crippen LogP contribution >= 0.6 is 0 Å². The van der Waals surface area contributed by atoms with Crippen LogP contribution < -0.4 is 22.1 Å². The maximum atomic E-state index is 11.4. The zero-order chi connectivity index (χ0) is 11.3. The number of H-pyrrole nitrogens is 1. The van der Waals surface area contributed by atoms with Crippen molar-refractivity contribution in [1.29, 1.82) is 0 Å². The monoisotopic (exact) mass is 212 g/mol. The predicted molar refractivity (Wildman–Crippen MR) is 52.9 cm³/mol. The van der Waals surface area contributed by atoms with E-state index in [2.05, 4.69) is 20.8 Å². The SMILES string of the molecule is NC(=O)NCCNC(=O)c1[nH]ncc1N. The molecule has 0 aliphatic heterocycles. The van der Waals surface area contributed by atoms with E-state index < -0.39 is 6.03 Å². The molecule has 1 heterocycles. The molecule has 0 atom stereocenters. The third kappa shape index (κ3) is 3.18. The number of urea groups is 1. The minimum Gasteiger partial charge on any atom is -0.396 e. The van der Waals surface area contributed by atoms with Crippen molar-refractivity contribution < 1.29 is 9.59 Å². The standard InChI is InChI=1S/C7H12N6O2/c8-4-3-12-13-5(4)6(14)10-1-2-11-7(9)15/h3H,1-2,8H2,(H,10,14)(H,12,13)(H3,9,11,15). The summed E-state index contributed by atoms with van der Waals surface area (Å²) in [6.45, 7) is 0.523. The fourth-order valence-electron chi connectivity index (χ4n) is 0.927. The maximum Gasteiger partial charge on any atom is 0.312 e. The van der Waals surface area contributed by atoms with E-state index in [0.29, 0.717) is 0 Å². The molecule has 82 valence electrons. The molecule has 0 aromatic carbocycles. The van der Waals surface area contributed by atoms with Gasteiger partial charge in [0.15, 0.2) is 0 Å². The van der Waals surface area contributed by atoms with Gasteiger partial charge in [0.2, 0.25) is 0 Å². The highest BCUT2D eigenvalue weighted by Gasteiger charge is 2.10. The largest absolute Gasteiger partial charge is 0.396 e. The van der Waals surface area contributed by atoms with Crippen LogP contribution in [0.1, 0.15) is 10.5 Å². The summed E-state index contributed by atoms with van der Waals surface area (Å²) >= 11 is 0. The molecule has 0 aliphatic rings. The molecule has 0 radical (unpaired) electrons. The topological polar surface area (TPSA) is 139 Å². The number of aromatic amines is 1.